The van der Waals surface area contributed by atoms with Crippen LogP contribution in [0.4, 0.5) is 0 Å². The number of amides is 1. The number of nitrogens with zero attached hydrogens (tertiary/aromatic N) is 2. The van der Waals surface area contributed by atoms with Crippen LogP contribution in [0.25, 0.3) is 10.4 Å². The summed E-state index contributed by atoms with van der Waals surface area (Å²) in [5.74, 6) is 0.203. The number of hydrogen-bond acceptors (Lipinski definition) is 5. The molecule has 29 heavy (non-hydrogen) atoms. The number of carbonyl (C=O) groups is 1. The number of piperidine rings is 1. The van der Waals surface area contributed by atoms with Crippen molar-refractivity contribution >= 4 is 17.2 Å². The minimum atomic E-state index is -0.225. The van der Waals surface area contributed by atoms with Gasteiger partial charge in [-0.1, -0.05) is 30.3 Å². The van der Waals surface area contributed by atoms with E-state index in [9.17, 15) is 4.79 Å². The lowest BCUT2D eigenvalue weighted by Gasteiger charge is -2.45. The molecule has 0 aliphatic carbocycles. The van der Waals surface area contributed by atoms with E-state index in [1.165, 1.54) is 20.9 Å². The average Bonchev–Trinajstić information content (AvgIpc) is 3.21. The molecule has 2 saturated heterocycles. The van der Waals surface area contributed by atoms with Crippen molar-refractivity contribution in [3.8, 4) is 10.4 Å². The molecular weight excluding hydrogens is 384 g/mol. The first kappa shape index (κ1) is 19.2. The molecule has 3 aliphatic rings. The molecular formula is C23H28N2O3S. The average molecular weight is 413 g/mol. The van der Waals surface area contributed by atoms with Crippen LogP contribution in [0, 0.1) is 0 Å². The molecule has 3 aliphatic heterocycles. The molecule has 5 nitrogen and oxygen atoms in total. The van der Waals surface area contributed by atoms with Gasteiger partial charge in [-0.2, -0.15) is 0 Å². The monoisotopic (exact) mass is 412 g/mol. The second-order valence-electron chi connectivity index (χ2n) is 8.32. The van der Waals surface area contributed by atoms with E-state index < -0.39 is 0 Å². The Balaban J connectivity index is 1.34. The van der Waals surface area contributed by atoms with Gasteiger partial charge in [0, 0.05) is 29.4 Å². The molecule has 1 aromatic carbocycles. The van der Waals surface area contributed by atoms with Gasteiger partial charge in [0.05, 0.1) is 19.8 Å². The summed E-state index contributed by atoms with van der Waals surface area (Å²) < 4.78 is 12.0. The minimum Gasteiger partial charge on any atom is -0.378 e. The smallest absolute Gasteiger partial charge is 0.242 e. The lowest BCUT2D eigenvalue weighted by atomic mass is 9.85. The van der Waals surface area contributed by atoms with Crippen molar-refractivity contribution in [3.63, 3.8) is 0 Å². The number of ether oxygens (including phenoxy) is 2. The number of rotatable bonds is 2. The molecule has 5 rings (SSSR count). The quantitative estimate of drug-likeness (QED) is 0.760. The van der Waals surface area contributed by atoms with Crippen molar-refractivity contribution in [1.82, 2.24) is 9.80 Å². The van der Waals surface area contributed by atoms with E-state index in [1.54, 1.807) is 0 Å². The summed E-state index contributed by atoms with van der Waals surface area (Å²) in [4.78, 5) is 19.9. The highest BCUT2D eigenvalue weighted by atomic mass is 32.1. The van der Waals surface area contributed by atoms with Crippen LogP contribution >= 0.6 is 11.3 Å². The van der Waals surface area contributed by atoms with Crippen molar-refractivity contribution in [2.45, 2.75) is 30.9 Å². The molecule has 1 spiro atoms. The van der Waals surface area contributed by atoms with Gasteiger partial charge in [0.25, 0.3) is 0 Å². The Morgan fingerprint density at radius 1 is 1.14 bits per heavy atom. The highest BCUT2D eigenvalue weighted by molar-refractivity contribution is 7.15. The molecule has 1 atom stereocenters. The molecule has 6 heteroatoms. The number of likely N-dealkylation sites (N-methyl/N-ethyl adjacent to an activating group) is 1. The van der Waals surface area contributed by atoms with Crippen LogP contribution in [0.5, 0.6) is 0 Å². The number of morpholine rings is 1. The normalized spacial score (nSPS) is 24.4. The van der Waals surface area contributed by atoms with Crippen molar-refractivity contribution in [2.75, 3.05) is 46.5 Å². The van der Waals surface area contributed by atoms with Crippen LogP contribution in [0.3, 0.4) is 0 Å². The predicted molar refractivity (Wildman–Crippen MR) is 114 cm³/mol. The third-order valence-electron chi connectivity index (χ3n) is 6.59. The molecule has 1 amide bonds. The van der Waals surface area contributed by atoms with Gasteiger partial charge in [-0.25, -0.2) is 0 Å². The molecule has 0 bridgehead atoms. The van der Waals surface area contributed by atoms with Gasteiger partial charge >= 0.3 is 0 Å². The van der Waals surface area contributed by atoms with Gasteiger partial charge in [0.1, 0.15) is 11.6 Å². The van der Waals surface area contributed by atoms with Crippen molar-refractivity contribution < 1.29 is 14.3 Å². The van der Waals surface area contributed by atoms with Crippen LogP contribution in [0.1, 0.15) is 23.3 Å². The molecule has 2 fully saturated rings. The van der Waals surface area contributed by atoms with Crippen molar-refractivity contribution in [3.05, 3.63) is 46.8 Å². The molecule has 0 saturated carbocycles. The van der Waals surface area contributed by atoms with Crippen LogP contribution in [0.15, 0.2) is 36.4 Å². The first-order valence-electron chi connectivity index (χ1n) is 10.6. The maximum Gasteiger partial charge on any atom is 0.242 e. The largest absolute Gasteiger partial charge is 0.378 e. The predicted octanol–water partition coefficient (Wildman–Crippen LogP) is 3.14. The molecule has 4 heterocycles. The maximum atomic E-state index is 13.0. The fourth-order valence-electron chi connectivity index (χ4n) is 4.78. The van der Waals surface area contributed by atoms with Gasteiger partial charge in [0.2, 0.25) is 5.91 Å². The second-order valence-corrected chi connectivity index (χ2v) is 9.37. The van der Waals surface area contributed by atoms with Gasteiger partial charge in [0.15, 0.2) is 0 Å². The summed E-state index contributed by atoms with van der Waals surface area (Å²) >= 11 is 1.88. The molecule has 2 aromatic rings. The summed E-state index contributed by atoms with van der Waals surface area (Å²) in [5.41, 5.74) is 2.48. The van der Waals surface area contributed by atoms with E-state index in [0.29, 0.717) is 13.2 Å². The Morgan fingerprint density at radius 3 is 2.69 bits per heavy atom. The van der Waals surface area contributed by atoms with Gasteiger partial charge < -0.3 is 14.4 Å². The van der Waals surface area contributed by atoms with E-state index in [1.807, 2.05) is 23.3 Å². The first-order valence-corrected chi connectivity index (χ1v) is 11.4. The zero-order valence-electron chi connectivity index (χ0n) is 16.9. The number of benzene rings is 1. The standard InChI is InChI=1S/C23H28N2O3S/c1-24-12-14-27-16-19(24)22(26)25-10-8-23(9-11-25)21-18(7-13-28-23)15-20(29-21)17-5-3-2-4-6-17/h2-6,15,19H,7-14,16H2,1H3/t19-/m0/s1. The van der Waals surface area contributed by atoms with E-state index in [2.05, 4.69) is 41.3 Å². The lowest BCUT2D eigenvalue weighted by molar-refractivity contribution is -0.150. The Bertz CT molecular complexity index is 874. The number of thiophene rings is 1. The summed E-state index contributed by atoms with van der Waals surface area (Å²) in [5, 5.41) is 0. The fraction of sp³-hybridized carbons (Fsp3) is 0.522. The Hall–Kier alpha value is -1.73. The third-order valence-corrected chi connectivity index (χ3v) is 8.01. The summed E-state index contributed by atoms with van der Waals surface area (Å²) in [6.07, 6.45) is 2.73. The lowest BCUT2D eigenvalue weighted by Crippen LogP contribution is -2.56. The molecule has 0 N–H and O–H groups in total. The number of fused-ring (bicyclic) bond motifs is 2. The summed E-state index contributed by atoms with van der Waals surface area (Å²) in [6, 6.07) is 12.8. The molecule has 1 aromatic heterocycles. The highest BCUT2D eigenvalue weighted by Gasteiger charge is 2.44. The van der Waals surface area contributed by atoms with E-state index in [-0.39, 0.29) is 17.6 Å². The summed E-state index contributed by atoms with van der Waals surface area (Å²) in [6.45, 7) is 4.30. The van der Waals surface area contributed by atoms with Gasteiger partial charge in [-0.05, 0) is 43.5 Å². The topological polar surface area (TPSA) is 42.0 Å². The van der Waals surface area contributed by atoms with Gasteiger partial charge in [-0.15, -0.1) is 11.3 Å². The first-order chi connectivity index (χ1) is 14.2. The maximum absolute atomic E-state index is 13.0. The van der Waals surface area contributed by atoms with Crippen molar-refractivity contribution in [2.24, 2.45) is 0 Å². The SMILES string of the molecule is CN1CCOC[C@H]1C(=O)N1CCC2(CC1)OCCc1cc(-c3ccccc3)sc12. The van der Waals surface area contributed by atoms with E-state index >= 15 is 0 Å². The van der Waals surface area contributed by atoms with Crippen molar-refractivity contribution in [1.29, 1.82) is 0 Å². The second kappa shape index (κ2) is 7.84. The molecule has 154 valence electrons. The van der Waals surface area contributed by atoms with Gasteiger partial charge in [-0.3, -0.25) is 9.69 Å². The minimum absolute atomic E-state index is 0.146. The number of likely N-dealkylation sites (tertiary alicyclic amines) is 1. The van der Waals surface area contributed by atoms with E-state index in [0.717, 1.165) is 45.5 Å². The van der Waals surface area contributed by atoms with E-state index in [4.69, 9.17) is 9.47 Å². The van der Waals surface area contributed by atoms with Crippen LogP contribution < -0.4 is 0 Å². The zero-order valence-corrected chi connectivity index (χ0v) is 17.7. The van der Waals surface area contributed by atoms with Crippen LogP contribution in [-0.4, -0.2) is 68.3 Å². The number of carbonyl (C=O) groups excluding carboxylic acids is 1. The molecule has 0 radical (unpaired) electrons. The molecule has 0 unspecified atom stereocenters. The number of hydrogen-bond donors (Lipinski definition) is 0. The third kappa shape index (κ3) is 3.52. The Morgan fingerprint density at radius 2 is 1.93 bits per heavy atom. The Labute approximate surface area is 176 Å². The summed E-state index contributed by atoms with van der Waals surface area (Å²) in [7, 11) is 2.02. The Kier molecular flexibility index (Phi) is 5.20. The van der Waals surface area contributed by atoms with Crippen LogP contribution in [0.2, 0.25) is 0 Å². The fourth-order valence-corrected chi connectivity index (χ4v) is 6.20. The van der Waals surface area contributed by atoms with Crippen LogP contribution in [-0.2, 0) is 26.3 Å². The zero-order chi connectivity index (χ0) is 19.8. The highest BCUT2D eigenvalue weighted by Crippen LogP contribution is 2.47.